The Morgan fingerprint density at radius 3 is 2.50 bits per heavy atom. The minimum Gasteiger partial charge on any atom is -0.382 e. The summed E-state index contributed by atoms with van der Waals surface area (Å²) in [5, 5.41) is 3.40. The lowest BCUT2D eigenvalue weighted by atomic mass is 10.2. The Hall–Kier alpha value is -2.77. The number of benzene rings is 2. The molecule has 0 aliphatic carbocycles. The van der Waals surface area contributed by atoms with Crippen molar-refractivity contribution in [3.63, 3.8) is 0 Å². The minimum atomic E-state index is -0.504. The van der Waals surface area contributed by atoms with Crippen molar-refractivity contribution in [2.45, 2.75) is 10.9 Å². The number of halogens is 1. The van der Waals surface area contributed by atoms with Gasteiger partial charge in [0.05, 0.1) is 0 Å². The predicted molar refractivity (Wildman–Crippen MR) is 105 cm³/mol. The second kappa shape index (κ2) is 8.07. The topological polar surface area (TPSA) is 101 Å². The molecule has 0 atom stereocenters. The van der Waals surface area contributed by atoms with Crippen molar-refractivity contribution < 1.29 is 4.79 Å². The van der Waals surface area contributed by atoms with Crippen LogP contribution in [-0.2, 0) is 5.75 Å². The lowest BCUT2D eigenvalue weighted by Gasteiger charge is -2.08. The molecule has 26 heavy (non-hydrogen) atoms. The van der Waals surface area contributed by atoms with Crippen LogP contribution in [0.1, 0.15) is 15.9 Å². The summed E-state index contributed by atoms with van der Waals surface area (Å²) in [4.78, 5) is 31.3. The lowest BCUT2D eigenvalue weighted by molar-refractivity contribution is 0.102. The van der Waals surface area contributed by atoms with Gasteiger partial charge in [0.1, 0.15) is 5.69 Å². The number of hydrogen-bond donors (Lipinski definition) is 3. The first-order valence-electron chi connectivity index (χ1n) is 7.66. The average Bonchev–Trinajstić information content (AvgIpc) is 2.64. The number of nitrogens with two attached hydrogens (primary N) is 1. The lowest BCUT2D eigenvalue weighted by Crippen LogP contribution is -2.23. The molecule has 0 aliphatic heterocycles. The zero-order valence-corrected chi connectivity index (χ0v) is 15.1. The maximum atomic E-state index is 12.3. The highest BCUT2D eigenvalue weighted by Gasteiger charge is 2.14. The van der Waals surface area contributed by atoms with Gasteiger partial charge in [0.25, 0.3) is 11.5 Å². The van der Waals surface area contributed by atoms with Crippen LogP contribution in [0.2, 0.25) is 5.02 Å². The highest BCUT2D eigenvalue weighted by atomic mass is 35.5. The highest BCUT2D eigenvalue weighted by Crippen LogP contribution is 2.21. The Bertz CT molecular complexity index is 975. The number of nitrogen functional groups attached to an aromatic ring is 1. The van der Waals surface area contributed by atoms with E-state index in [-0.39, 0.29) is 11.5 Å². The quantitative estimate of drug-likeness (QED) is 0.460. The number of nitrogens with one attached hydrogen (secondary N) is 2. The Morgan fingerprint density at radius 1 is 1.15 bits per heavy atom. The summed E-state index contributed by atoms with van der Waals surface area (Å²) >= 11 is 7.15. The third-order valence-electron chi connectivity index (χ3n) is 3.49. The first kappa shape index (κ1) is 18.0. The number of thioether (sulfide) groups is 1. The fraction of sp³-hybridized carbons (Fsp3) is 0.0556. The van der Waals surface area contributed by atoms with Crippen molar-refractivity contribution in [3.05, 3.63) is 81.1 Å². The van der Waals surface area contributed by atoms with Gasteiger partial charge in [-0.05, 0) is 29.8 Å². The van der Waals surface area contributed by atoms with E-state index in [1.54, 1.807) is 24.3 Å². The monoisotopic (exact) mass is 386 g/mol. The van der Waals surface area contributed by atoms with Crippen LogP contribution >= 0.6 is 23.4 Å². The molecular formula is C18H15ClN4O2S. The fourth-order valence-corrected chi connectivity index (χ4v) is 3.12. The van der Waals surface area contributed by atoms with Crippen molar-refractivity contribution in [1.82, 2.24) is 9.97 Å². The van der Waals surface area contributed by atoms with Crippen LogP contribution in [0.25, 0.3) is 0 Å². The van der Waals surface area contributed by atoms with E-state index >= 15 is 0 Å². The highest BCUT2D eigenvalue weighted by molar-refractivity contribution is 7.98. The molecule has 0 radical (unpaired) electrons. The number of rotatable bonds is 5. The molecule has 3 aromatic rings. The third-order valence-corrected chi connectivity index (χ3v) is 4.69. The van der Waals surface area contributed by atoms with E-state index in [0.29, 0.717) is 21.5 Å². The summed E-state index contributed by atoms with van der Waals surface area (Å²) < 4.78 is 0. The molecule has 132 valence electrons. The number of H-pyrrole nitrogens is 1. The van der Waals surface area contributed by atoms with Gasteiger partial charge in [-0.1, -0.05) is 53.7 Å². The summed E-state index contributed by atoms with van der Waals surface area (Å²) in [6, 6.07) is 16.1. The molecule has 1 heterocycles. The maximum Gasteiger partial charge on any atom is 0.277 e. The Kier molecular flexibility index (Phi) is 5.60. The van der Waals surface area contributed by atoms with E-state index in [0.717, 1.165) is 5.56 Å². The van der Waals surface area contributed by atoms with Crippen LogP contribution in [-0.4, -0.2) is 15.9 Å². The second-order valence-corrected chi connectivity index (χ2v) is 6.77. The summed E-state index contributed by atoms with van der Waals surface area (Å²) in [6.07, 6.45) is 0. The minimum absolute atomic E-state index is 0.0355. The van der Waals surface area contributed by atoms with Crippen LogP contribution in [0, 0.1) is 0 Å². The largest absolute Gasteiger partial charge is 0.382 e. The van der Waals surface area contributed by atoms with Crippen molar-refractivity contribution in [2.75, 3.05) is 11.1 Å². The smallest absolute Gasteiger partial charge is 0.277 e. The number of anilines is 2. The van der Waals surface area contributed by atoms with Gasteiger partial charge in [0.2, 0.25) is 0 Å². The number of carbonyl (C=O) groups excluding carboxylic acids is 1. The van der Waals surface area contributed by atoms with Crippen LogP contribution < -0.4 is 16.6 Å². The number of nitrogens with zero attached hydrogens (tertiary/aromatic N) is 1. The first-order chi connectivity index (χ1) is 12.5. The van der Waals surface area contributed by atoms with E-state index in [1.807, 2.05) is 30.3 Å². The SMILES string of the molecule is Nc1nc(SCc2ccccc2)[nH]c(=O)c1NC(=O)c1ccc(Cl)cc1. The van der Waals surface area contributed by atoms with E-state index in [1.165, 1.54) is 11.8 Å². The zero-order chi connectivity index (χ0) is 18.5. The van der Waals surface area contributed by atoms with Gasteiger partial charge in [0.15, 0.2) is 11.0 Å². The van der Waals surface area contributed by atoms with Crippen molar-refractivity contribution in [3.8, 4) is 0 Å². The molecule has 6 nitrogen and oxygen atoms in total. The first-order valence-corrected chi connectivity index (χ1v) is 9.03. The Labute approximate surface area is 158 Å². The second-order valence-electron chi connectivity index (χ2n) is 5.37. The van der Waals surface area contributed by atoms with Gasteiger partial charge >= 0.3 is 0 Å². The van der Waals surface area contributed by atoms with Gasteiger partial charge in [0, 0.05) is 16.3 Å². The molecule has 3 rings (SSSR count). The molecule has 0 spiro atoms. The molecule has 8 heteroatoms. The van der Waals surface area contributed by atoms with Crippen molar-refractivity contribution in [1.29, 1.82) is 0 Å². The number of aromatic amines is 1. The molecule has 1 amide bonds. The Balaban J connectivity index is 1.73. The molecule has 0 aliphatic rings. The normalized spacial score (nSPS) is 10.5. The molecule has 0 bridgehead atoms. The molecular weight excluding hydrogens is 372 g/mol. The zero-order valence-electron chi connectivity index (χ0n) is 13.5. The van der Waals surface area contributed by atoms with Crippen LogP contribution in [0.5, 0.6) is 0 Å². The van der Waals surface area contributed by atoms with Gasteiger partial charge in [-0.2, -0.15) is 0 Å². The molecule has 0 unspecified atom stereocenters. The number of hydrogen-bond acceptors (Lipinski definition) is 5. The van der Waals surface area contributed by atoms with Crippen LogP contribution in [0.4, 0.5) is 11.5 Å². The standard InChI is InChI=1S/C18H15ClN4O2S/c19-13-8-6-12(7-9-13)16(24)21-14-15(20)22-18(23-17(14)25)26-10-11-4-2-1-3-5-11/h1-9H,10H2,(H,21,24)(H3,20,22,23,25). The number of amides is 1. The Morgan fingerprint density at radius 2 is 1.85 bits per heavy atom. The van der Waals surface area contributed by atoms with E-state index in [9.17, 15) is 9.59 Å². The van der Waals surface area contributed by atoms with E-state index in [2.05, 4.69) is 15.3 Å². The molecule has 0 saturated carbocycles. The molecule has 1 aromatic heterocycles. The van der Waals surface area contributed by atoms with Crippen molar-refractivity contribution in [2.24, 2.45) is 0 Å². The summed E-state index contributed by atoms with van der Waals surface area (Å²) in [5.74, 6) is 0.136. The van der Waals surface area contributed by atoms with Gasteiger partial charge in [-0.15, -0.1) is 0 Å². The van der Waals surface area contributed by atoms with Gasteiger partial charge in [-0.3, -0.25) is 14.6 Å². The van der Waals surface area contributed by atoms with Gasteiger partial charge in [-0.25, -0.2) is 4.98 Å². The molecule has 2 aromatic carbocycles. The molecule has 4 N–H and O–H groups in total. The molecule has 0 fully saturated rings. The number of aromatic nitrogens is 2. The predicted octanol–water partition coefficient (Wildman–Crippen LogP) is 3.55. The molecule has 0 saturated heterocycles. The van der Waals surface area contributed by atoms with Crippen molar-refractivity contribution >= 4 is 40.8 Å². The summed E-state index contributed by atoms with van der Waals surface area (Å²) in [5.41, 5.74) is 6.74. The average molecular weight is 387 g/mol. The van der Waals surface area contributed by atoms with Gasteiger partial charge < -0.3 is 11.1 Å². The van der Waals surface area contributed by atoms with E-state index in [4.69, 9.17) is 17.3 Å². The summed E-state index contributed by atoms with van der Waals surface area (Å²) in [6.45, 7) is 0. The van der Waals surface area contributed by atoms with Crippen LogP contribution in [0.3, 0.4) is 0 Å². The van der Waals surface area contributed by atoms with Crippen LogP contribution in [0.15, 0.2) is 64.5 Å². The van der Waals surface area contributed by atoms with E-state index < -0.39 is 11.5 Å². The number of carbonyl (C=O) groups is 1. The summed E-state index contributed by atoms with van der Waals surface area (Å²) in [7, 11) is 0. The third kappa shape index (κ3) is 4.44. The fourth-order valence-electron chi connectivity index (χ4n) is 2.17. The maximum absolute atomic E-state index is 12.3.